The van der Waals surface area contributed by atoms with E-state index in [1.54, 1.807) is 6.92 Å². The van der Waals surface area contributed by atoms with E-state index < -0.39 is 16.0 Å². The lowest BCUT2D eigenvalue weighted by Gasteiger charge is -2.04. The molecule has 0 bridgehead atoms. The van der Waals surface area contributed by atoms with Gasteiger partial charge in [-0.2, -0.15) is 0 Å². The summed E-state index contributed by atoms with van der Waals surface area (Å²) in [6.45, 7) is 5.29. The van der Waals surface area contributed by atoms with Crippen LogP contribution in [0, 0.1) is 0 Å². The molecule has 0 saturated heterocycles. The molecule has 0 amide bonds. The first-order valence-electron chi connectivity index (χ1n) is 5.98. The van der Waals surface area contributed by atoms with Gasteiger partial charge in [0.15, 0.2) is 0 Å². The molecule has 0 radical (unpaired) electrons. The molecule has 0 unspecified atom stereocenters. The summed E-state index contributed by atoms with van der Waals surface area (Å²) in [5, 5.41) is 2.68. The van der Waals surface area contributed by atoms with Crippen molar-refractivity contribution in [3.63, 3.8) is 0 Å². The van der Waals surface area contributed by atoms with Gasteiger partial charge >= 0.3 is 5.97 Å². The van der Waals surface area contributed by atoms with Crippen LogP contribution in [0.5, 0.6) is 0 Å². The van der Waals surface area contributed by atoms with Crippen molar-refractivity contribution < 1.29 is 22.4 Å². The molecule has 0 fully saturated rings. The molecular formula is C11H19ClN2O5S. The number of sulfonamides is 1. The Morgan fingerprint density at radius 3 is 2.60 bits per heavy atom. The maximum absolute atomic E-state index is 11.8. The summed E-state index contributed by atoms with van der Waals surface area (Å²) in [6.07, 6.45) is 0. The van der Waals surface area contributed by atoms with Crippen molar-refractivity contribution in [1.29, 1.82) is 0 Å². The predicted molar refractivity (Wildman–Crippen MR) is 75.6 cm³/mol. The second-order valence-corrected chi connectivity index (χ2v) is 5.29. The van der Waals surface area contributed by atoms with E-state index in [0.29, 0.717) is 6.54 Å². The van der Waals surface area contributed by atoms with Gasteiger partial charge in [-0.3, -0.25) is 0 Å². The zero-order chi connectivity index (χ0) is 14.3. The summed E-state index contributed by atoms with van der Waals surface area (Å²) in [5.74, 6) is -0.814. The molecule has 0 aliphatic rings. The van der Waals surface area contributed by atoms with E-state index in [9.17, 15) is 13.2 Å². The fourth-order valence-corrected chi connectivity index (χ4v) is 2.26. The first kappa shape index (κ1) is 18.9. The molecule has 7 nitrogen and oxygen atoms in total. The van der Waals surface area contributed by atoms with Crippen LogP contribution in [0.2, 0.25) is 0 Å². The average molecular weight is 327 g/mol. The number of ether oxygens (including phenoxy) is 1. The van der Waals surface area contributed by atoms with Crippen LogP contribution >= 0.6 is 12.4 Å². The Hall–Kier alpha value is -1.09. The fourth-order valence-electron chi connectivity index (χ4n) is 1.30. The number of likely N-dealkylation sites (N-methyl/N-ethyl adjacent to an activating group) is 1. The Kier molecular flexibility index (Phi) is 8.47. The minimum absolute atomic E-state index is 0. The minimum atomic E-state index is -3.73. The standard InChI is InChI=1S/C11H18N2O5S.ClH/c1-3-12-7-8-13-19(15,16)10-6-5-9(18-10)11(14)17-4-2;/h5-6,12-13H,3-4,7-8H2,1-2H3;1H. The highest BCUT2D eigenvalue weighted by Gasteiger charge is 2.21. The van der Waals surface area contributed by atoms with Crippen molar-refractivity contribution in [2.24, 2.45) is 0 Å². The third-order valence-electron chi connectivity index (χ3n) is 2.17. The third kappa shape index (κ3) is 5.49. The highest BCUT2D eigenvalue weighted by Crippen LogP contribution is 2.14. The Balaban J connectivity index is 0.00000361. The van der Waals surface area contributed by atoms with Gasteiger partial charge in [0.1, 0.15) is 0 Å². The Morgan fingerprint density at radius 2 is 2.00 bits per heavy atom. The molecule has 0 aliphatic heterocycles. The fraction of sp³-hybridized carbons (Fsp3) is 0.545. The van der Waals surface area contributed by atoms with Crippen LogP contribution < -0.4 is 10.0 Å². The van der Waals surface area contributed by atoms with Gasteiger partial charge in [-0.25, -0.2) is 17.9 Å². The van der Waals surface area contributed by atoms with Gasteiger partial charge in [0.25, 0.3) is 10.0 Å². The van der Waals surface area contributed by atoms with Crippen molar-refractivity contribution in [2.45, 2.75) is 18.9 Å². The van der Waals surface area contributed by atoms with E-state index in [1.165, 1.54) is 12.1 Å². The van der Waals surface area contributed by atoms with Gasteiger partial charge in [-0.05, 0) is 25.6 Å². The average Bonchev–Trinajstić information content (AvgIpc) is 2.85. The lowest BCUT2D eigenvalue weighted by Crippen LogP contribution is -2.31. The van der Waals surface area contributed by atoms with Crippen molar-refractivity contribution in [2.75, 3.05) is 26.2 Å². The van der Waals surface area contributed by atoms with Crippen molar-refractivity contribution in [3.05, 3.63) is 17.9 Å². The maximum atomic E-state index is 11.8. The highest BCUT2D eigenvalue weighted by molar-refractivity contribution is 7.89. The number of rotatable bonds is 8. The van der Waals surface area contributed by atoms with E-state index in [2.05, 4.69) is 10.0 Å². The smallest absolute Gasteiger partial charge is 0.374 e. The van der Waals surface area contributed by atoms with Crippen LogP contribution in [0.4, 0.5) is 0 Å². The molecule has 1 heterocycles. The van der Waals surface area contributed by atoms with Crippen molar-refractivity contribution >= 4 is 28.4 Å². The van der Waals surface area contributed by atoms with E-state index in [-0.39, 0.29) is 36.4 Å². The van der Waals surface area contributed by atoms with Crippen molar-refractivity contribution in [1.82, 2.24) is 10.0 Å². The Labute approximate surface area is 124 Å². The zero-order valence-corrected chi connectivity index (χ0v) is 13.0. The molecule has 9 heteroatoms. The number of furan rings is 1. The molecular weight excluding hydrogens is 308 g/mol. The van der Waals surface area contributed by atoms with Gasteiger partial charge in [0.05, 0.1) is 6.61 Å². The minimum Gasteiger partial charge on any atom is -0.460 e. The second-order valence-electron chi connectivity index (χ2n) is 3.59. The number of hydrogen-bond acceptors (Lipinski definition) is 6. The number of carbonyl (C=O) groups is 1. The van der Waals surface area contributed by atoms with E-state index in [1.807, 2.05) is 6.92 Å². The van der Waals surface area contributed by atoms with E-state index in [0.717, 1.165) is 6.54 Å². The van der Waals surface area contributed by atoms with Crippen molar-refractivity contribution in [3.8, 4) is 0 Å². The molecule has 1 aromatic rings. The topological polar surface area (TPSA) is 97.6 Å². The summed E-state index contributed by atoms with van der Waals surface area (Å²) in [6, 6.07) is 2.50. The maximum Gasteiger partial charge on any atom is 0.374 e. The summed E-state index contributed by atoms with van der Waals surface area (Å²) >= 11 is 0. The van der Waals surface area contributed by atoms with Gasteiger partial charge in [0.2, 0.25) is 10.9 Å². The number of carbonyl (C=O) groups excluding carboxylic acids is 1. The predicted octanol–water partition coefficient (Wildman–Crippen LogP) is 0.766. The molecule has 20 heavy (non-hydrogen) atoms. The largest absolute Gasteiger partial charge is 0.460 e. The van der Waals surface area contributed by atoms with Gasteiger partial charge in [0, 0.05) is 13.1 Å². The summed E-state index contributed by atoms with van der Waals surface area (Å²) in [7, 11) is -3.73. The molecule has 1 rings (SSSR count). The molecule has 0 aromatic carbocycles. The molecule has 0 atom stereocenters. The van der Waals surface area contributed by atoms with E-state index in [4.69, 9.17) is 9.15 Å². The van der Waals surface area contributed by atoms with Gasteiger partial charge in [-0.15, -0.1) is 12.4 Å². The first-order chi connectivity index (χ1) is 9.01. The number of hydrogen-bond donors (Lipinski definition) is 2. The molecule has 1 aromatic heterocycles. The highest BCUT2D eigenvalue weighted by atomic mass is 35.5. The summed E-state index contributed by atoms with van der Waals surface area (Å²) < 4.78 is 35.7. The SMILES string of the molecule is CCNCCNS(=O)(=O)c1ccc(C(=O)OCC)o1.Cl. The van der Waals surface area contributed by atoms with E-state index >= 15 is 0 Å². The molecule has 0 aliphatic carbocycles. The van der Waals surface area contributed by atoms with Gasteiger partial charge in [-0.1, -0.05) is 6.92 Å². The number of nitrogens with one attached hydrogen (secondary N) is 2. The van der Waals surface area contributed by atoms with Crippen LogP contribution in [-0.2, 0) is 14.8 Å². The third-order valence-corrected chi connectivity index (χ3v) is 3.50. The lowest BCUT2D eigenvalue weighted by molar-refractivity contribution is 0.0484. The van der Waals surface area contributed by atoms with Crippen LogP contribution in [0.25, 0.3) is 0 Å². The van der Waals surface area contributed by atoms with Crippen LogP contribution in [-0.4, -0.2) is 40.6 Å². The second kappa shape index (κ2) is 8.96. The molecule has 0 saturated carbocycles. The monoisotopic (exact) mass is 326 g/mol. The Bertz CT molecular complexity index is 515. The molecule has 2 N–H and O–H groups in total. The summed E-state index contributed by atoms with van der Waals surface area (Å²) in [5.41, 5.74) is 0. The quantitative estimate of drug-likeness (QED) is 0.541. The molecule has 0 spiro atoms. The number of halogens is 1. The van der Waals surface area contributed by atoms with Crippen LogP contribution in [0.15, 0.2) is 21.6 Å². The van der Waals surface area contributed by atoms with Crippen LogP contribution in [0.1, 0.15) is 24.4 Å². The summed E-state index contributed by atoms with van der Waals surface area (Å²) in [4.78, 5) is 11.3. The van der Waals surface area contributed by atoms with Gasteiger partial charge < -0.3 is 14.5 Å². The first-order valence-corrected chi connectivity index (χ1v) is 7.47. The zero-order valence-electron chi connectivity index (χ0n) is 11.3. The normalized spacial score (nSPS) is 10.9. The lowest BCUT2D eigenvalue weighted by atomic mass is 10.5. The van der Waals surface area contributed by atoms with Crippen LogP contribution in [0.3, 0.4) is 0 Å². The molecule has 116 valence electrons. The Morgan fingerprint density at radius 1 is 1.30 bits per heavy atom. The number of esters is 1.